The SMILES string of the molecule is CCOc1cc(/C=C2\C(=O)NC(=O)N(C3CCCC3)C2=O)cc([N+](=O)[O-])c1O. The summed E-state index contributed by atoms with van der Waals surface area (Å²) < 4.78 is 5.20. The summed E-state index contributed by atoms with van der Waals surface area (Å²) in [6, 6.07) is 1.28. The van der Waals surface area contributed by atoms with Crippen LogP contribution in [-0.2, 0) is 9.59 Å². The predicted molar refractivity (Wildman–Crippen MR) is 96.5 cm³/mol. The largest absolute Gasteiger partial charge is 0.500 e. The summed E-state index contributed by atoms with van der Waals surface area (Å²) in [7, 11) is 0. The molecule has 1 aromatic carbocycles. The number of rotatable bonds is 5. The molecule has 2 N–H and O–H groups in total. The van der Waals surface area contributed by atoms with E-state index in [0.717, 1.165) is 29.9 Å². The van der Waals surface area contributed by atoms with Gasteiger partial charge in [0.05, 0.1) is 11.5 Å². The number of nitro benzene ring substituents is 1. The molecular weight excluding hydrogens is 370 g/mol. The summed E-state index contributed by atoms with van der Waals surface area (Å²) in [6.45, 7) is 1.79. The summed E-state index contributed by atoms with van der Waals surface area (Å²) in [5.41, 5.74) is -0.814. The van der Waals surface area contributed by atoms with E-state index in [1.807, 2.05) is 0 Å². The van der Waals surface area contributed by atoms with Crippen molar-refractivity contribution in [3.63, 3.8) is 0 Å². The number of nitro groups is 1. The Kier molecular flexibility index (Phi) is 5.30. The van der Waals surface area contributed by atoms with Crippen LogP contribution in [0.1, 0.15) is 38.2 Å². The molecule has 10 nitrogen and oxygen atoms in total. The molecule has 1 saturated carbocycles. The highest BCUT2D eigenvalue weighted by molar-refractivity contribution is 6.31. The molecule has 0 aromatic heterocycles. The van der Waals surface area contributed by atoms with Gasteiger partial charge in [0, 0.05) is 12.1 Å². The molecule has 1 aliphatic carbocycles. The Morgan fingerprint density at radius 2 is 2.00 bits per heavy atom. The van der Waals surface area contributed by atoms with Crippen LogP contribution in [0.4, 0.5) is 10.5 Å². The molecule has 1 aliphatic heterocycles. The first-order valence-corrected chi connectivity index (χ1v) is 8.88. The number of hydrogen-bond acceptors (Lipinski definition) is 7. The van der Waals surface area contributed by atoms with Crippen LogP contribution in [0.5, 0.6) is 11.5 Å². The number of urea groups is 1. The van der Waals surface area contributed by atoms with Crippen molar-refractivity contribution in [3.8, 4) is 11.5 Å². The maximum Gasteiger partial charge on any atom is 0.331 e. The molecule has 2 fully saturated rings. The third kappa shape index (κ3) is 3.53. The molecule has 0 atom stereocenters. The molecule has 3 rings (SSSR count). The van der Waals surface area contributed by atoms with E-state index in [-0.39, 0.29) is 29.5 Å². The molecule has 148 valence electrons. The number of ether oxygens (including phenoxy) is 1. The van der Waals surface area contributed by atoms with Gasteiger partial charge in [-0.2, -0.15) is 0 Å². The zero-order chi connectivity index (χ0) is 20.4. The molecule has 1 aromatic rings. The first kappa shape index (κ1) is 19.3. The van der Waals surface area contributed by atoms with Gasteiger partial charge in [0.1, 0.15) is 5.57 Å². The lowest BCUT2D eigenvalue weighted by atomic mass is 10.0. The van der Waals surface area contributed by atoms with E-state index in [4.69, 9.17) is 4.74 Å². The third-order valence-corrected chi connectivity index (χ3v) is 4.71. The average molecular weight is 389 g/mol. The Morgan fingerprint density at radius 3 is 2.61 bits per heavy atom. The van der Waals surface area contributed by atoms with E-state index >= 15 is 0 Å². The van der Waals surface area contributed by atoms with Crippen LogP contribution in [0, 0.1) is 10.1 Å². The number of nitrogens with one attached hydrogen (secondary N) is 1. The van der Waals surface area contributed by atoms with Crippen LogP contribution in [0.2, 0.25) is 0 Å². The summed E-state index contributed by atoms with van der Waals surface area (Å²) in [5, 5.41) is 23.3. The minimum atomic E-state index is -0.877. The smallest absolute Gasteiger partial charge is 0.331 e. The van der Waals surface area contributed by atoms with E-state index in [0.29, 0.717) is 12.8 Å². The third-order valence-electron chi connectivity index (χ3n) is 4.71. The number of benzene rings is 1. The number of barbiturate groups is 1. The molecule has 28 heavy (non-hydrogen) atoms. The van der Waals surface area contributed by atoms with Crippen molar-refractivity contribution in [2.24, 2.45) is 0 Å². The van der Waals surface area contributed by atoms with Crippen molar-refractivity contribution >= 4 is 29.6 Å². The lowest BCUT2D eigenvalue weighted by Crippen LogP contribution is -2.57. The quantitative estimate of drug-likeness (QED) is 0.340. The zero-order valence-electron chi connectivity index (χ0n) is 15.1. The standard InChI is InChI=1S/C18H19N3O7/c1-2-28-14-9-10(8-13(15(14)22)21(26)27)7-12-16(23)19-18(25)20(17(12)24)11-5-3-4-6-11/h7-9,11,22H,2-6H2,1H3,(H,19,23,25)/b12-7+. The molecule has 10 heteroatoms. The van der Waals surface area contributed by atoms with Crippen molar-refractivity contribution in [2.45, 2.75) is 38.6 Å². The van der Waals surface area contributed by atoms with Crippen LogP contribution >= 0.6 is 0 Å². The Balaban J connectivity index is 2.03. The lowest BCUT2D eigenvalue weighted by molar-refractivity contribution is -0.386. The van der Waals surface area contributed by atoms with E-state index in [2.05, 4.69) is 5.32 Å². The first-order chi connectivity index (χ1) is 13.3. The van der Waals surface area contributed by atoms with Gasteiger partial charge in [0.25, 0.3) is 11.8 Å². The topological polar surface area (TPSA) is 139 Å². The molecule has 0 unspecified atom stereocenters. The molecule has 4 amide bonds. The number of aromatic hydroxyl groups is 1. The highest BCUT2D eigenvalue weighted by Gasteiger charge is 2.40. The summed E-state index contributed by atoms with van der Waals surface area (Å²) in [4.78, 5) is 48.6. The maximum absolute atomic E-state index is 12.8. The van der Waals surface area contributed by atoms with Gasteiger partial charge in [-0.15, -0.1) is 0 Å². The normalized spacial score (nSPS) is 19.2. The Morgan fingerprint density at radius 1 is 1.32 bits per heavy atom. The molecule has 0 spiro atoms. The summed E-state index contributed by atoms with van der Waals surface area (Å²) in [6.07, 6.45) is 4.26. The van der Waals surface area contributed by atoms with Crippen molar-refractivity contribution < 1.29 is 29.2 Å². The average Bonchev–Trinajstić information content (AvgIpc) is 3.15. The number of carbonyl (C=O) groups excluding carboxylic acids is 3. The molecule has 1 heterocycles. The number of phenolic OH excluding ortho intramolecular Hbond substituents is 1. The van der Waals surface area contributed by atoms with Crippen molar-refractivity contribution in [2.75, 3.05) is 6.61 Å². The molecule has 1 saturated heterocycles. The van der Waals surface area contributed by atoms with Crippen LogP contribution < -0.4 is 10.1 Å². The molecular formula is C18H19N3O7. The molecule has 2 aliphatic rings. The number of imide groups is 2. The van der Waals surface area contributed by atoms with Gasteiger partial charge in [0.2, 0.25) is 5.75 Å². The van der Waals surface area contributed by atoms with Gasteiger partial charge in [-0.3, -0.25) is 29.9 Å². The van der Waals surface area contributed by atoms with Crippen LogP contribution in [0.15, 0.2) is 17.7 Å². The van der Waals surface area contributed by atoms with E-state index in [9.17, 15) is 29.6 Å². The fourth-order valence-electron chi connectivity index (χ4n) is 3.43. The fourth-order valence-corrected chi connectivity index (χ4v) is 3.43. The molecule has 0 bridgehead atoms. The summed E-state index contributed by atoms with van der Waals surface area (Å²) >= 11 is 0. The second kappa shape index (κ2) is 7.67. The second-order valence-electron chi connectivity index (χ2n) is 6.51. The van der Waals surface area contributed by atoms with Gasteiger partial charge < -0.3 is 9.84 Å². The van der Waals surface area contributed by atoms with Crippen LogP contribution in [0.3, 0.4) is 0 Å². The van der Waals surface area contributed by atoms with Crippen molar-refractivity contribution in [1.29, 1.82) is 0 Å². The van der Waals surface area contributed by atoms with Gasteiger partial charge >= 0.3 is 11.7 Å². The van der Waals surface area contributed by atoms with Crippen molar-refractivity contribution in [1.82, 2.24) is 10.2 Å². The highest BCUT2D eigenvalue weighted by Crippen LogP contribution is 2.38. The van der Waals surface area contributed by atoms with Crippen LogP contribution in [-0.4, -0.2) is 45.4 Å². The minimum Gasteiger partial charge on any atom is -0.500 e. The Bertz CT molecular complexity index is 887. The van der Waals surface area contributed by atoms with E-state index < -0.39 is 34.2 Å². The fraction of sp³-hybridized carbons (Fsp3) is 0.389. The molecule has 0 radical (unpaired) electrons. The lowest BCUT2D eigenvalue weighted by Gasteiger charge is -2.31. The first-order valence-electron chi connectivity index (χ1n) is 8.88. The summed E-state index contributed by atoms with van der Waals surface area (Å²) in [5.74, 6) is -2.40. The van der Waals surface area contributed by atoms with E-state index in [1.165, 1.54) is 6.07 Å². The maximum atomic E-state index is 12.8. The number of carbonyl (C=O) groups is 3. The monoisotopic (exact) mass is 389 g/mol. The van der Waals surface area contributed by atoms with Gasteiger partial charge in [-0.25, -0.2) is 4.79 Å². The highest BCUT2D eigenvalue weighted by atomic mass is 16.6. The van der Waals surface area contributed by atoms with Crippen LogP contribution in [0.25, 0.3) is 6.08 Å². The zero-order valence-corrected chi connectivity index (χ0v) is 15.1. The van der Waals surface area contributed by atoms with Gasteiger partial charge in [-0.05, 0) is 37.5 Å². The Hall–Kier alpha value is -3.43. The number of phenols is 1. The van der Waals surface area contributed by atoms with E-state index in [1.54, 1.807) is 6.92 Å². The van der Waals surface area contributed by atoms with Gasteiger partial charge in [-0.1, -0.05) is 12.8 Å². The Labute approximate surface area is 159 Å². The van der Waals surface area contributed by atoms with Gasteiger partial charge in [0.15, 0.2) is 5.75 Å². The minimum absolute atomic E-state index is 0.118. The number of amides is 4. The predicted octanol–water partition coefficient (Wildman–Crippen LogP) is 2.10. The number of nitrogens with zero attached hydrogens (tertiary/aromatic N) is 2. The second-order valence-corrected chi connectivity index (χ2v) is 6.51. The van der Waals surface area contributed by atoms with Crippen molar-refractivity contribution in [3.05, 3.63) is 33.4 Å². The number of hydrogen-bond donors (Lipinski definition) is 2.